The minimum absolute atomic E-state index is 0.0266. The zero-order valence-electron chi connectivity index (χ0n) is 60.8. The molecule has 532 valence electrons. The van der Waals surface area contributed by atoms with Crippen molar-refractivity contribution >= 4 is 19.8 Å². The van der Waals surface area contributed by atoms with Gasteiger partial charge in [0.25, 0.3) is 0 Å². The van der Waals surface area contributed by atoms with E-state index in [0.717, 1.165) is 96.3 Å². The van der Waals surface area contributed by atoms with Gasteiger partial charge in [0.15, 0.2) is 6.10 Å². The van der Waals surface area contributed by atoms with Crippen LogP contribution in [0.25, 0.3) is 0 Å². The van der Waals surface area contributed by atoms with E-state index >= 15 is 0 Å². The van der Waals surface area contributed by atoms with Gasteiger partial charge in [0, 0.05) is 12.8 Å². The number of phosphoric acid groups is 1. The van der Waals surface area contributed by atoms with Crippen molar-refractivity contribution in [2.75, 3.05) is 47.5 Å². The number of phosphoric ester groups is 1. The van der Waals surface area contributed by atoms with E-state index in [-0.39, 0.29) is 32.0 Å². The first-order chi connectivity index (χ1) is 45.0. The summed E-state index contributed by atoms with van der Waals surface area (Å²) in [5.74, 6) is -0.799. The number of hydrogen-bond donors (Lipinski definition) is 1. The Bertz CT molecular complexity index is 1920. The average Bonchev–Trinajstić information content (AvgIpc) is 2.23. The standard InChI is InChI=1S/C82H146NO8P/c1-6-8-10-12-14-16-18-20-22-24-26-28-30-32-34-36-38-40-41-43-44-46-48-50-52-54-56-58-60-62-64-66-68-70-72-74-81(84)88-78-80(79-90-92(86,87)89-77-76-83(3,4)5)91-82(85)75-73-71-69-67-65-63-61-59-57-55-53-51-49-47-45-42-39-37-35-33-31-29-27-25-23-21-19-17-15-13-11-9-7-2/h9,11,15,17,21,23-24,26-27,29,33,35,39,42,47,49,53,55,80H,6-8,10,12-14,16,18-20,22,25,28,30-32,34,36-38,40-41,43-46,48,50-52,54,56-79H2,1-5H3/p+1/b11-9-,17-15-,23-21-,26-24-,29-27-,35-33-,42-39-,49-47-,55-53-. The summed E-state index contributed by atoms with van der Waals surface area (Å²) in [6.07, 6.45) is 102. The van der Waals surface area contributed by atoms with Crippen molar-refractivity contribution < 1.29 is 42.1 Å². The van der Waals surface area contributed by atoms with Crippen LogP contribution in [0.5, 0.6) is 0 Å². The quantitative estimate of drug-likeness (QED) is 0.0211. The SMILES string of the molecule is CC/C=C\C/C=C\C/C=C\C/C=C\C/C=C\C/C=C\C/C=C\C/C=C\CCCCCCCCCCC(=O)OC(COC(=O)CCCCCCCCCCCCCCCCCCCCCCCCC/C=C\CCCCCCCCCC)COP(=O)(O)OCC[N+](C)(C)C. The lowest BCUT2D eigenvalue weighted by atomic mass is 10.0. The van der Waals surface area contributed by atoms with E-state index in [9.17, 15) is 19.0 Å². The largest absolute Gasteiger partial charge is 0.472 e. The molecule has 2 atom stereocenters. The molecule has 92 heavy (non-hydrogen) atoms. The van der Waals surface area contributed by atoms with E-state index in [4.69, 9.17) is 18.5 Å². The highest BCUT2D eigenvalue weighted by atomic mass is 31.2. The Kier molecular flexibility index (Phi) is 69.3. The maximum absolute atomic E-state index is 12.9. The predicted octanol–water partition coefficient (Wildman–Crippen LogP) is 25.6. The van der Waals surface area contributed by atoms with E-state index in [1.807, 2.05) is 21.1 Å². The predicted molar refractivity (Wildman–Crippen MR) is 399 cm³/mol. The molecule has 0 aromatic rings. The summed E-state index contributed by atoms with van der Waals surface area (Å²) in [5.41, 5.74) is 0. The molecule has 0 aromatic heterocycles. The molecule has 0 spiro atoms. The number of rotatable bonds is 71. The first kappa shape index (κ1) is 88.7. The lowest BCUT2D eigenvalue weighted by molar-refractivity contribution is -0.870. The number of likely N-dealkylation sites (N-methyl/N-ethyl adjacent to an activating group) is 1. The lowest BCUT2D eigenvalue weighted by Gasteiger charge is -2.24. The third-order valence-corrected chi connectivity index (χ3v) is 17.8. The van der Waals surface area contributed by atoms with Crippen LogP contribution in [0.15, 0.2) is 109 Å². The molecule has 9 nitrogen and oxygen atoms in total. The Morgan fingerprint density at radius 1 is 0.348 bits per heavy atom. The Labute approximate surface area is 569 Å². The van der Waals surface area contributed by atoms with Crippen LogP contribution < -0.4 is 0 Å². The smallest absolute Gasteiger partial charge is 0.462 e. The van der Waals surface area contributed by atoms with Gasteiger partial charge < -0.3 is 18.9 Å². The molecule has 0 saturated heterocycles. The van der Waals surface area contributed by atoms with Gasteiger partial charge in [0.1, 0.15) is 19.8 Å². The number of nitrogens with zero attached hydrogens (tertiary/aromatic N) is 1. The summed E-state index contributed by atoms with van der Waals surface area (Å²) in [7, 11) is 1.47. The van der Waals surface area contributed by atoms with Crippen molar-refractivity contribution in [3.05, 3.63) is 109 Å². The Balaban J connectivity index is 4.02. The van der Waals surface area contributed by atoms with Gasteiger partial charge >= 0.3 is 19.8 Å². The zero-order chi connectivity index (χ0) is 66.9. The van der Waals surface area contributed by atoms with Gasteiger partial charge in [-0.15, -0.1) is 0 Å². The normalized spacial score (nSPS) is 13.7. The molecule has 0 bridgehead atoms. The van der Waals surface area contributed by atoms with Crippen LogP contribution in [0, 0.1) is 0 Å². The number of ether oxygens (including phenoxy) is 2. The highest BCUT2D eigenvalue weighted by molar-refractivity contribution is 7.47. The Morgan fingerprint density at radius 3 is 0.935 bits per heavy atom. The summed E-state index contributed by atoms with van der Waals surface area (Å²) in [6, 6.07) is 0. The average molecular weight is 1310 g/mol. The molecular formula is C82H147NO8P+. The van der Waals surface area contributed by atoms with Crippen molar-refractivity contribution in [2.24, 2.45) is 0 Å². The second kappa shape index (κ2) is 72.0. The van der Waals surface area contributed by atoms with E-state index in [1.54, 1.807) is 0 Å². The van der Waals surface area contributed by atoms with Crippen LogP contribution in [-0.4, -0.2) is 74.9 Å². The molecular weight excluding hydrogens is 1160 g/mol. The van der Waals surface area contributed by atoms with Gasteiger partial charge in [-0.25, -0.2) is 4.57 Å². The number of carbonyl (C=O) groups excluding carboxylic acids is 2. The fourth-order valence-electron chi connectivity index (χ4n) is 10.9. The minimum atomic E-state index is -4.40. The fraction of sp³-hybridized carbons (Fsp3) is 0.756. The molecule has 0 rings (SSSR count). The van der Waals surface area contributed by atoms with Crippen LogP contribution in [0.4, 0.5) is 0 Å². The van der Waals surface area contributed by atoms with Gasteiger partial charge in [-0.1, -0.05) is 342 Å². The van der Waals surface area contributed by atoms with Gasteiger partial charge in [-0.2, -0.15) is 0 Å². The van der Waals surface area contributed by atoms with Crippen LogP contribution in [0.1, 0.15) is 348 Å². The molecule has 0 amide bonds. The maximum Gasteiger partial charge on any atom is 0.472 e. The van der Waals surface area contributed by atoms with Crippen LogP contribution in [0.3, 0.4) is 0 Å². The first-order valence-corrected chi connectivity index (χ1v) is 40.1. The Morgan fingerprint density at radius 2 is 0.620 bits per heavy atom. The molecule has 0 aromatic carbocycles. The maximum atomic E-state index is 12.9. The number of allylic oxidation sites excluding steroid dienone is 18. The van der Waals surface area contributed by atoms with E-state index in [1.165, 1.54) is 218 Å². The molecule has 0 radical (unpaired) electrons. The van der Waals surface area contributed by atoms with Crippen molar-refractivity contribution in [1.82, 2.24) is 0 Å². The number of quaternary nitrogens is 1. The van der Waals surface area contributed by atoms with Gasteiger partial charge in [-0.05, 0) is 103 Å². The topological polar surface area (TPSA) is 108 Å². The molecule has 0 aliphatic heterocycles. The molecule has 0 heterocycles. The summed E-state index contributed by atoms with van der Waals surface area (Å²) < 4.78 is 34.8. The second-order valence-electron chi connectivity index (χ2n) is 27.0. The highest BCUT2D eigenvalue weighted by Crippen LogP contribution is 2.43. The summed E-state index contributed by atoms with van der Waals surface area (Å²) in [6.45, 7) is 4.35. The van der Waals surface area contributed by atoms with Crippen molar-refractivity contribution in [2.45, 2.75) is 354 Å². The summed E-state index contributed by atoms with van der Waals surface area (Å²) >= 11 is 0. The van der Waals surface area contributed by atoms with Crippen LogP contribution >= 0.6 is 7.82 Å². The third-order valence-electron chi connectivity index (χ3n) is 16.8. The van der Waals surface area contributed by atoms with Gasteiger partial charge in [0.2, 0.25) is 0 Å². The van der Waals surface area contributed by atoms with Crippen LogP contribution in [0.2, 0.25) is 0 Å². The summed E-state index contributed by atoms with van der Waals surface area (Å²) in [4.78, 5) is 36.0. The molecule has 10 heteroatoms. The number of unbranched alkanes of at least 4 members (excludes halogenated alkanes) is 39. The molecule has 0 aliphatic carbocycles. The number of carbonyl (C=O) groups is 2. The van der Waals surface area contributed by atoms with Gasteiger partial charge in [0.05, 0.1) is 27.7 Å². The van der Waals surface area contributed by atoms with Crippen molar-refractivity contribution in [1.29, 1.82) is 0 Å². The third kappa shape index (κ3) is 75.7. The lowest BCUT2D eigenvalue weighted by Crippen LogP contribution is -2.37. The molecule has 0 aliphatic rings. The van der Waals surface area contributed by atoms with E-state index < -0.39 is 26.5 Å². The van der Waals surface area contributed by atoms with Crippen molar-refractivity contribution in [3.63, 3.8) is 0 Å². The van der Waals surface area contributed by atoms with E-state index in [0.29, 0.717) is 17.4 Å². The summed E-state index contributed by atoms with van der Waals surface area (Å²) in [5, 5.41) is 0. The number of hydrogen-bond acceptors (Lipinski definition) is 7. The highest BCUT2D eigenvalue weighted by Gasteiger charge is 2.27. The first-order valence-electron chi connectivity index (χ1n) is 38.6. The Hall–Kier alpha value is -3.33. The molecule has 1 N–H and O–H groups in total. The molecule has 0 fully saturated rings. The monoisotopic (exact) mass is 1310 g/mol. The minimum Gasteiger partial charge on any atom is -0.462 e. The second-order valence-corrected chi connectivity index (χ2v) is 28.5. The molecule has 2 unspecified atom stereocenters. The number of esters is 2. The van der Waals surface area contributed by atoms with Gasteiger partial charge in [-0.3, -0.25) is 18.6 Å². The van der Waals surface area contributed by atoms with Crippen LogP contribution in [-0.2, 0) is 32.7 Å². The zero-order valence-corrected chi connectivity index (χ0v) is 61.7. The fourth-order valence-corrected chi connectivity index (χ4v) is 11.7. The van der Waals surface area contributed by atoms with Crippen molar-refractivity contribution in [3.8, 4) is 0 Å². The van der Waals surface area contributed by atoms with E-state index in [2.05, 4.69) is 123 Å². The molecule has 0 saturated carbocycles.